The van der Waals surface area contributed by atoms with Crippen LogP contribution in [0.15, 0.2) is 0 Å². The van der Waals surface area contributed by atoms with Crippen molar-refractivity contribution in [3.8, 4) is 0 Å². The second-order valence-corrected chi connectivity index (χ2v) is 9.32. The molecule has 1 atom stereocenters. The Kier molecular flexibility index (Phi) is 7.86. The zero-order valence-corrected chi connectivity index (χ0v) is 11.2. The summed E-state index contributed by atoms with van der Waals surface area (Å²) in [6.07, 6.45) is 0.718. The number of hydrogen-bond acceptors (Lipinski definition) is 5. The van der Waals surface area contributed by atoms with Crippen LogP contribution in [-0.4, -0.2) is 44.2 Å². The molecular weight excluding hydrogens is 241 g/mol. The van der Waals surface area contributed by atoms with Crippen molar-refractivity contribution in [3.05, 3.63) is 0 Å². The fourth-order valence-corrected chi connectivity index (χ4v) is 5.25. The third-order valence-corrected chi connectivity index (χ3v) is 8.15. The first kappa shape index (κ1) is 14.4. The van der Waals surface area contributed by atoms with Gasteiger partial charge in [0.2, 0.25) is 12.0 Å². The van der Waals surface area contributed by atoms with E-state index in [0.717, 1.165) is 12.2 Å². The van der Waals surface area contributed by atoms with Crippen LogP contribution in [0.25, 0.3) is 0 Å². The second-order valence-electron chi connectivity index (χ2n) is 2.39. The van der Waals surface area contributed by atoms with Crippen molar-refractivity contribution in [2.24, 2.45) is 0 Å². The molecule has 84 valence electrons. The summed E-state index contributed by atoms with van der Waals surface area (Å²) in [5, 5.41) is 0. The Morgan fingerprint density at radius 3 is 2.71 bits per heavy atom. The number of ether oxygens (including phenoxy) is 1. The molecule has 4 nitrogen and oxygen atoms in total. The Bertz CT molecular complexity index is 215. The minimum Gasteiger partial charge on any atom is -0.384 e. The van der Waals surface area contributed by atoms with Crippen LogP contribution in [-0.2, 0) is 25.9 Å². The van der Waals surface area contributed by atoms with E-state index in [4.69, 9.17) is 21.1 Å². The van der Waals surface area contributed by atoms with Crippen LogP contribution in [0.3, 0.4) is 0 Å². The summed E-state index contributed by atoms with van der Waals surface area (Å²) in [7, 11) is 3.29. The Hall–Kier alpha value is 0.390. The van der Waals surface area contributed by atoms with Gasteiger partial charge in [-0.05, 0) is 18.7 Å². The lowest BCUT2D eigenvalue weighted by Gasteiger charge is -2.27. The lowest BCUT2D eigenvalue weighted by molar-refractivity contribution is -0.113. The summed E-state index contributed by atoms with van der Waals surface area (Å²) in [6, 6.07) is 0. The standard InChI is InChI=1S/C7H16NO3PS2/c1-4-11-12(13,8(2)7-9)14-6-5-10-3/h7H,4-6H2,1-3H3. The van der Waals surface area contributed by atoms with E-state index in [1.807, 2.05) is 6.92 Å². The van der Waals surface area contributed by atoms with Crippen molar-refractivity contribution < 1.29 is 14.1 Å². The van der Waals surface area contributed by atoms with Crippen molar-refractivity contribution in [2.45, 2.75) is 6.92 Å². The quantitative estimate of drug-likeness (QED) is 0.376. The van der Waals surface area contributed by atoms with Crippen molar-refractivity contribution in [1.29, 1.82) is 0 Å². The van der Waals surface area contributed by atoms with E-state index in [0.29, 0.717) is 13.2 Å². The predicted molar refractivity (Wildman–Crippen MR) is 64.1 cm³/mol. The van der Waals surface area contributed by atoms with Crippen molar-refractivity contribution >= 4 is 35.2 Å². The van der Waals surface area contributed by atoms with E-state index >= 15 is 0 Å². The average Bonchev–Trinajstić information content (AvgIpc) is 2.17. The summed E-state index contributed by atoms with van der Waals surface area (Å²) < 4.78 is 11.8. The van der Waals surface area contributed by atoms with E-state index < -0.39 is 5.62 Å². The lowest BCUT2D eigenvalue weighted by atomic mass is 10.9. The molecule has 0 spiro atoms. The Morgan fingerprint density at radius 1 is 1.64 bits per heavy atom. The van der Waals surface area contributed by atoms with Crippen LogP contribution < -0.4 is 0 Å². The smallest absolute Gasteiger partial charge is 0.215 e. The molecule has 0 aromatic carbocycles. The van der Waals surface area contributed by atoms with E-state index in [1.54, 1.807) is 14.2 Å². The molecule has 0 saturated heterocycles. The highest BCUT2D eigenvalue weighted by Crippen LogP contribution is 2.61. The molecule has 0 radical (unpaired) electrons. The molecule has 0 saturated carbocycles. The van der Waals surface area contributed by atoms with Crippen LogP contribution in [0.4, 0.5) is 0 Å². The number of hydrogen-bond donors (Lipinski definition) is 0. The van der Waals surface area contributed by atoms with Crippen LogP contribution in [0.2, 0.25) is 0 Å². The maximum Gasteiger partial charge on any atom is 0.215 e. The summed E-state index contributed by atoms with van der Waals surface area (Å²) in [5.74, 6) is 0.742. The minimum atomic E-state index is -2.20. The molecule has 0 aromatic rings. The Morgan fingerprint density at radius 2 is 2.29 bits per heavy atom. The molecule has 1 unspecified atom stereocenters. The van der Waals surface area contributed by atoms with Crippen molar-refractivity contribution in [2.75, 3.05) is 33.1 Å². The topological polar surface area (TPSA) is 38.8 Å². The van der Waals surface area contributed by atoms with E-state index in [2.05, 4.69) is 0 Å². The first-order valence-electron chi connectivity index (χ1n) is 4.17. The maximum atomic E-state index is 10.6. The molecule has 1 amide bonds. The third kappa shape index (κ3) is 4.75. The van der Waals surface area contributed by atoms with Gasteiger partial charge in [0.25, 0.3) is 0 Å². The first-order chi connectivity index (χ1) is 6.60. The highest BCUT2D eigenvalue weighted by atomic mass is 32.9. The Balaban J connectivity index is 4.24. The summed E-state index contributed by atoms with van der Waals surface area (Å²) in [6.45, 7) is 3.01. The van der Waals surface area contributed by atoms with Gasteiger partial charge in [-0.3, -0.25) is 9.46 Å². The molecular formula is C7H16NO3PS2. The van der Waals surface area contributed by atoms with Gasteiger partial charge in [-0.2, -0.15) is 0 Å². The number of nitrogens with zero attached hydrogens (tertiary/aromatic N) is 1. The van der Waals surface area contributed by atoms with Gasteiger partial charge in [-0.25, -0.2) is 0 Å². The summed E-state index contributed by atoms with van der Waals surface area (Å²) in [4.78, 5) is 10.6. The molecule has 0 aromatic heterocycles. The van der Waals surface area contributed by atoms with Gasteiger partial charge in [0.15, 0.2) is 0 Å². The minimum absolute atomic E-state index is 0.523. The molecule has 7 heteroatoms. The van der Waals surface area contributed by atoms with Gasteiger partial charge >= 0.3 is 0 Å². The molecule has 0 N–H and O–H groups in total. The van der Waals surface area contributed by atoms with Gasteiger partial charge in [-0.1, -0.05) is 11.4 Å². The highest BCUT2D eigenvalue weighted by Gasteiger charge is 2.22. The molecule has 0 heterocycles. The molecule has 0 fully saturated rings. The third-order valence-electron chi connectivity index (χ3n) is 1.37. The number of rotatable bonds is 8. The zero-order chi connectivity index (χ0) is 11.0. The predicted octanol–water partition coefficient (Wildman–Crippen LogP) is 1.72. The molecule has 0 bridgehead atoms. The molecule has 0 rings (SSSR count). The van der Waals surface area contributed by atoms with Crippen LogP contribution in [0, 0.1) is 0 Å². The maximum absolute atomic E-state index is 10.6. The number of amides is 1. The highest BCUT2D eigenvalue weighted by molar-refractivity contribution is 8.68. The average molecular weight is 257 g/mol. The van der Waals surface area contributed by atoms with E-state index in [9.17, 15) is 4.79 Å². The van der Waals surface area contributed by atoms with Gasteiger partial charge in [0.05, 0.1) is 13.2 Å². The van der Waals surface area contributed by atoms with Gasteiger partial charge in [0.1, 0.15) is 0 Å². The second kappa shape index (κ2) is 7.65. The molecule has 14 heavy (non-hydrogen) atoms. The van der Waals surface area contributed by atoms with Crippen molar-refractivity contribution in [1.82, 2.24) is 4.67 Å². The molecule has 0 aliphatic carbocycles. The van der Waals surface area contributed by atoms with Crippen LogP contribution in [0.1, 0.15) is 6.92 Å². The van der Waals surface area contributed by atoms with Crippen LogP contribution >= 0.6 is 17.0 Å². The largest absolute Gasteiger partial charge is 0.384 e. The summed E-state index contributed by atoms with van der Waals surface area (Å²) >= 11 is 6.81. The fourth-order valence-electron chi connectivity index (χ4n) is 0.676. The molecule has 0 aliphatic rings. The van der Waals surface area contributed by atoms with Gasteiger partial charge in [-0.15, -0.1) is 0 Å². The van der Waals surface area contributed by atoms with Gasteiger partial charge in [0, 0.05) is 19.9 Å². The lowest BCUT2D eigenvalue weighted by Crippen LogP contribution is -2.13. The summed E-state index contributed by atoms with van der Waals surface area (Å²) in [5.41, 5.74) is -2.20. The van der Waals surface area contributed by atoms with Crippen molar-refractivity contribution in [3.63, 3.8) is 0 Å². The monoisotopic (exact) mass is 257 g/mol. The fraction of sp³-hybridized carbons (Fsp3) is 0.857. The number of methoxy groups -OCH3 is 1. The SMILES string of the molecule is CCOP(=S)(SCCOC)N(C)C=O. The first-order valence-corrected chi connectivity index (χ1v) is 8.43. The molecule has 0 aliphatic heterocycles. The van der Waals surface area contributed by atoms with Crippen LogP contribution in [0.5, 0.6) is 0 Å². The van der Waals surface area contributed by atoms with E-state index in [-0.39, 0.29) is 0 Å². The zero-order valence-electron chi connectivity index (χ0n) is 8.63. The number of carbonyl (C=O) groups is 1. The Labute approximate surface area is 94.2 Å². The van der Waals surface area contributed by atoms with Gasteiger partial charge < -0.3 is 9.26 Å². The normalized spacial score (nSPS) is 14.8. The van der Waals surface area contributed by atoms with E-state index in [1.165, 1.54) is 16.1 Å². The number of carbonyl (C=O) groups excluding carboxylic acids is 1.